The van der Waals surface area contributed by atoms with Crippen molar-refractivity contribution in [2.75, 3.05) is 25.9 Å². The van der Waals surface area contributed by atoms with Crippen LogP contribution in [-0.2, 0) is 15.6 Å². The van der Waals surface area contributed by atoms with Crippen LogP contribution in [0.2, 0.25) is 0 Å². The lowest BCUT2D eigenvalue weighted by molar-refractivity contribution is -0.136. The molecule has 1 aromatic heterocycles. The Morgan fingerprint density at radius 1 is 1.21 bits per heavy atom. The van der Waals surface area contributed by atoms with Crippen LogP contribution in [0.5, 0.6) is 28.9 Å². The Hall–Kier alpha value is -4.57. The predicted molar refractivity (Wildman–Crippen MR) is 131 cm³/mol. The minimum atomic E-state index is -1.66. The van der Waals surface area contributed by atoms with Crippen LogP contribution in [0.3, 0.4) is 0 Å². The standard InChI is InChI=1S/C25H20F2N4O6S/c1-31-8-7-29-24(31)16-11-15(38(35)9-6-21(33)34)3-5-19(16)36-23-17(26)13-30-25(22(23)27)37-20-10-14(12-28)2-4-18(20)32/h2-5,10-11,13,32H,6-9H2,1H3,(H,33,34). The second-order valence-electron chi connectivity index (χ2n) is 8.03. The lowest BCUT2D eigenvalue weighted by Gasteiger charge is -2.19. The number of aliphatic carboxylic acids is 1. The summed E-state index contributed by atoms with van der Waals surface area (Å²) in [4.78, 5) is 20.9. The first-order chi connectivity index (χ1) is 18.2. The number of carboxylic acid groups (broad SMARTS) is 1. The van der Waals surface area contributed by atoms with E-state index in [1.54, 1.807) is 11.9 Å². The highest BCUT2D eigenvalue weighted by Gasteiger charge is 2.25. The number of aliphatic imine (C=N–C) groups is 1. The fourth-order valence-corrected chi connectivity index (χ4v) is 4.58. The average molecular weight is 543 g/mol. The van der Waals surface area contributed by atoms with Crippen LogP contribution in [0.15, 0.2) is 52.5 Å². The van der Waals surface area contributed by atoms with Crippen molar-refractivity contribution in [1.82, 2.24) is 9.88 Å². The average Bonchev–Trinajstić information content (AvgIpc) is 3.33. The quantitative estimate of drug-likeness (QED) is 0.412. The topological polar surface area (TPSA) is 145 Å². The third kappa shape index (κ3) is 5.70. The molecule has 1 aliphatic heterocycles. The van der Waals surface area contributed by atoms with Gasteiger partial charge in [-0.15, -0.1) is 0 Å². The molecule has 196 valence electrons. The third-order valence-corrected chi connectivity index (χ3v) is 6.78. The third-order valence-electron chi connectivity index (χ3n) is 5.42. The normalized spacial score (nSPS) is 13.5. The van der Waals surface area contributed by atoms with Gasteiger partial charge in [0.05, 0.1) is 47.2 Å². The number of pyridine rings is 1. The van der Waals surface area contributed by atoms with Gasteiger partial charge in [0, 0.05) is 30.3 Å². The van der Waals surface area contributed by atoms with Gasteiger partial charge in [0.2, 0.25) is 11.6 Å². The molecular formula is C25H20F2N4O6S. The summed E-state index contributed by atoms with van der Waals surface area (Å²) in [5.41, 5.74) is 0.423. The molecule has 0 fully saturated rings. The minimum Gasteiger partial charge on any atom is -0.504 e. The molecule has 0 saturated heterocycles. The molecule has 1 atom stereocenters. The van der Waals surface area contributed by atoms with Crippen LogP contribution >= 0.6 is 0 Å². The Morgan fingerprint density at radius 2 is 2.00 bits per heavy atom. The number of hydrogen-bond donors (Lipinski definition) is 2. The summed E-state index contributed by atoms with van der Waals surface area (Å²) in [6, 6.07) is 9.77. The number of amidine groups is 1. The minimum absolute atomic E-state index is 0.0132. The number of carboxylic acids is 1. The van der Waals surface area contributed by atoms with E-state index >= 15 is 4.39 Å². The number of benzene rings is 2. The van der Waals surface area contributed by atoms with Gasteiger partial charge < -0.3 is 24.6 Å². The van der Waals surface area contributed by atoms with E-state index in [0.717, 1.165) is 6.07 Å². The molecule has 1 aliphatic rings. The highest BCUT2D eigenvalue weighted by Crippen LogP contribution is 2.38. The van der Waals surface area contributed by atoms with Crippen LogP contribution in [0.25, 0.3) is 0 Å². The number of aromatic nitrogens is 1. The number of rotatable bonds is 9. The van der Waals surface area contributed by atoms with Crippen LogP contribution in [0.1, 0.15) is 17.5 Å². The van der Waals surface area contributed by atoms with Crippen molar-refractivity contribution >= 4 is 22.6 Å². The summed E-state index contributed by atoms with van der Waals surface area (Å²) in [5.74, 6) is -5.48. The first-order valence-electron chi connectivity index (χ1n) is 11.1. The molecule has 0 amide bonds. The van der Waals surface area contributed by atoms with E-state index in [-0.39, 0.29) is 29.2 Å². The van der Waals surface area contributed by atoms with Crippen LogP contribution in [0.4, 0.5) is 8.78 Å². The zero-order chi connectivity index (χ0) is 27.4. The number of nitrogens with zero attached hydrogens (tertiary/aromatic N) is 4. The summed E-state index contributed by atoms with van der Waals surface area (Å²) in [5, 5.41) is 27.9. The molecule has 10 nitrogen and oxygen atoms in total. The van der Waals surface area contributed by atoms with Crippen molar-refractivity contribution in [3.63, 3.8) is 0 Å². The maximum atomic E-state index is 15.3. The molecule has 0 radical (unpaired) electrons. The van der Waals surface area contributed by atoms with Gasteiger partial charge in [-0.05, 0) is 30.3 Å². The highest BCUT2D eigenvalue weighted by molar-refractivity contribution is 7.85. The molecule has 2 N–H and O–H groups in total. The lowest BCUT2D eigenvalue weighted by atomic mass is 10.1. The smallest absolute Gasteiger partial charge is 0.304 e. The van der Waals surface area contributed by atoms with Crippen molar-refractivity contribution in [3.8, 4) is 34.9 Å². The molecule has 0 aliphatic carbocycles. The van der Waals surface area contributed by atoms with E-state index in [1.807, 2.05) is 6.07 Å². The number of halogens is 2. The van der Waals surface area contributed by atoms with Crippen molar-refractivity contribution in [2.45, 2.75) is 11.3 Å². The Labute approximate surface area is 217 Å². The molecule has 1 unspecified atom stereocenters. The van der Waals surface area contributed by atoms with Crippen molar-refractivity contribution in [2.24, 2.45) is 4.99 Å². The van der Waals surface area contributed by atoms with Gasteiger partial charge in [-0.3, -0.25) is 14.0 Å². The molecule has 0 spiro atoms. The predicted octanol–water partition coefficient (Wildman–Crippen LogP) is 3.80. The molecule has 0 bridgehead atoms. The summed E-state index contributed by atoms with van der Waals surface area (Å²) in [6.45, 7) is 1.03. The van der Waals surface area contributed by atoms with Crippen molar-refractivity contribution < 1.29 is 37.5 Å². The zero-order valence-electron chi connectivity index (χ0n) is 19.9. The first-order valence-corrected chi connectivity index (χ1v) is 12.4. The Morgan fingerprint density at radius 3 is 2.68 bits per heavy atom. The summed E-state index contributed by atoms with van der Waals surface area (Å²) >= 11 is 0. The first kappa shape index (κ1) is 26.5. The van der Waals surface area contributed by atoms with Crippen LogP contribution in [-0.4, -0.2) is 62.0 Å². The Balaban J connectivity index is 1.71. The number of hydrogen-bond acceptors (Lipinski definition) is 9. The Bertz CT molecular complexity index is 1510. The molecule has 2 aromatic carbocycles. The Kier molecular flexibility index (Phi) is 7.82. The van der Waals surface area contributed by atoms with Gasteiger partial charge in [-0.25, -0.2) is 9.37 Å². The second-order valence-corrected chi connectivity index (χ2v) is 9.60. The summed E-state index contributed by atoms with van der Waals surface area (Å²) in [7, 11) is 0.0998. The maximum absolute atomic E-state index is 15.3. The number of nitriles is 1. The van der Waals surface area contributed by atoms with E-state index in [1.165, 1.54) is 30.3 Å². The summed E-state index contributed by atoms with van der Waals surface area (Å²) < 4.78 is 53.6. The van der Waals surface area contributed by atoms with Gasteiger partial charge in [0.25, 0.3) is 5.88 Å². The summed E-state index contributed by atoms with van der Waals surface area (Å²) in [6.07, 6.45) is 0.372. The van der Waals surface area contributed by atoms with Crippen molar-refractivity contribution in [1.29, 1.82) is 5.26 Å². The molecule has 38 heavy (non-hydrogen) atoms. The van der Waals surface area contributed by atoms with E-state index in [9.17, 15) is 18.5 Å². The number of carbonyl (C=O) groups is 1. The number of likely N-dealkylation sites (N-methyl/N-ethyl adjacent to an activating group) is 1. The van der Waals surface area contributed by atoms with Gasteiger partial charge >= 0.3 is 5.97 Å². The highest BCUT2D eigenvalue weighted by atomic mass is 32.2. The maximum Gasteiger partial charge on any atom is 0.304 e. The zero-order valence-corrected chi connectivity index (χ0v) is 20.7. The fraction of sp³-hybridized carbons (Fsp3) is 0.200. The van der Waals surface area contributed by atoms with Crippen molar-refractivity contribution in [3.05, 3.63) is 65.4 Å². The number of aromatic hydroxyl groups is 1. The molecule has 13 heteroatoms. The molecule has 4 rings (SSSR count). The lowest BCUT2D eigenvalue weighted by Crippen LogP contribution is -2.24. The van der Waals surface area contributed by atoms with Gasteiger partial charge in [-0.1, -0.05) is 0 Å². The fourth-order valence-electron chi connectivity index (χ4n) is 3.51. The second kappa shape index (κ2) is 11.2. The monoisotopic (exact) mass is 542 g/mol. The van der Waals surface area contributed by atoms with Gasteiger partial charge in [0.1, 0.15) is 11.6 Å². The number of ether oxygens (including phenoxy) is 2. The van der Waals surface area contributed by atoms with Gasteiger partial charge in [-0.2, -0.15) is 9.65 Å². The number of phenolic OH excluding ortho intramolecular Hbond substituents is 1. The molecule has 2 heterocycles. The largest absolute Gasteiger partial charge is 0.504 e. The van der Waals surface area contributed by atoms with Crippen LogP contribution in [0, 0.1) is 23.0 Å². The van der Waals surface area contributed by atoms with E-state index < -0.39 is 45.8 Å². The van der Waals surface area contributed by atoms with E-state index in [0.29, 0.717) is 35.6 Å². The van der Waals surface area contributed by atoms with Gasteiger partial charge in [0.15, 0.2) is 17.3 Å². The SMILES string of the molecule is CN1CCN=C1c1cc(S(=O)CCC(=O)O)ccc1Oc1c(F)cnc(Oc2cc(C#N)ccc2O)c1F. The molecule has 0 saturated carbocycles. The molecule has 3 aromatic rings. The van der Waals surface area contributed by atoms with Crippen LogP contribution < -0.4 is 9.47 Å². The van der Waals surface area contributed by atoms with E-state index in [2.05, 4.69) is 9.98 Å². The van der Waals surface area contributed by atoms with E-state index in [4.69, 9.17) is 19.8 Å². The number of phenols is 1. The molecular weight excluding hydrogens is 522 g/mol.